The number of ether oxygens (including phenoxy) is 3. The molecule has 0 aromatic rings. The summed E-state index contributed by atoms with van der Waals surface area (Å²) in [6.07, 6.45) is 1.57. The Kier molecular flexibility index (Phi) is 6.89. The van der Waals surface area contributed by atoms with Gasteiger partial charge in [0.1, 0.15) is 18.3 Å². The van der Waals surface area contributed by atoms with E-state index >= 15 is 0 Å². The summed E-state index contributed by atoms with van der Waals surface area (Å²) >= 11 is 0. The predicted octanol–water partition coefficient (Wildman–Crippen LogP) is 3.05. The maximum Gasteiger partial charge on any atom is 0.264 e. The van der Waals surface area contributed by atoms with Crippen molar-refractivity contribution in [3.8, 4) is 0 Å². The molecule has 4 atom stereocenters. The third-order valence-electron chi connectivity index (χ3n) is 5.59. The summed E-state index contributed by atoms with van der Waals surface area (Å²) in [6.45, 7) is 15.5. The zero-order valence-electron chi connectivity index (χ0n) is 17.9. The van der Waals surface area contributed by atoms with E-state index in [1.54, 1.807) is 0 Å². The molecule has 0 bridgehead atoms. The smallest absolute Gasteiger partial charge is 0.264 e. The fourth-order valence-electron chi connectivity index (χ4n) is 3.14. The van der Waals surface area contributed by atoms with Crippen molar-refractivity contribution in [3.63, 3.8) is 0 Å². The van der Waals surface area contributed by atoms with Crippen LogP contribution in [0.5, 0.6) is 0 Å². The largest absolute Gasteiger partial charge is 0.414 e. The molecule has 2 rings (SSSR count). The van der Waals surface area contributed by atoms with Gasteiger partial charge in [0.25, 0.3) is 10.1 Å². The first-order valence-corrected chi connectivity index (χ1v) is 14.3. The van der Waals surface area contributed by atoms with Gasteiger partial charge in [-0.15, -0.1) is 0 Å². The van der Waals surface area contributed by atoms with Crippen molar-refractivity contribution in [1.82, 2.24) is 0 Å². The second-order valence-electron chi connectivity index (χ2n) is 9.52. The molecule has 0 saturated carbocycles. The molecule has 2 aliphatic rings. The van der Waals surface area contributed by atoms with E-state index in [4.69, 9.17) is 22.8 Å². The van der Waals surface area contributed by atoms with Crippen LogP contribution in [0.15, 0.2) is 0 Å². The third-order valence-corrected chi connectivity index (χ3v) is 10.7. The van der Waals surface area contributed by atoms with Crippen LogP contribution in [0.4, 0.5) is 0 Å². The molecule has 0 radical (unpaired) electrons. The van der Waals surface area contributed by atoms with Crippen LogP contribution in [0, 0.1) is 0 Å². The first-order chi connectivity index (χ1) is 12.1. The summed E-state index contributed by atoms with van der Waals surface area (Å²) in [5.74, 6) is -0.657. The standard InChI is InChI=1S/C18H36O7SSi/c1-17(2,3)27(7,8)22-12-14-16-15(24-18(4,5)25-16)13(23-14)10-9-11-21-26(6,19)20/h13-16H,9-12H2,1-8H3/t13-,14+,15-,16+/m0/s1. The Morgan fingerprint density at radius 1 is 1.07 bits per heavy atom. The number of fused-ring (bicyclic) bond motifs is 1. The molecule has 2 heterocycles. The molecule has 9 heteroatoms. The molecule has 2 aliphatic heterocycles. The van der Waals surface area contributed by atoms with Crippen LogP contribution in [0.25, 0.3) is 0 Å². The summed E-state index contributed by atoms with van der Waals surface area (Å²) in [6, 6.07) is 0. The molecule has 7 nitrogen and oxygen atoms in total. The van der Waals surface area contributed by atoms with Gasteiger partial charge < -0.3 is 18.6 Å². The highest BCUT2D eigenvalue weighted by atomic mass is 32.2. The topological polar surface area (TPSA) is 80.3 Å². The van der Waals surface area contributed by atoms with Gasteiger partial charge in [0.2, 0.25) is 0 Å². The average molecular weight is 425 g/mol. The van der Waals surface area contributed by atoms with Gasteiger partial charge >= 0.3 is 0 Å². The van der Waals surface area contributed by atoms with Crippen molar-refractivity contribution in [2.45, 2.75) is 95.8 Å². The van der Waals surface area contributed by atoms with Crippen LogP contribution in [0.2, 0.25) is 18.1 Å². The van der Waals surface area contributed by atoms with Crippen molar-refractivity contribution < 1.29 is 31.2 Å². The second kappa shape index (κ2) is 8.01. The van der Waals surface area contributed by atoms with Crippen molar-refractivity contribution in [2.24, 2.45) is 0 Å². The van der Waals surface area contributed by atoms with Gasteiger partial charge in [-0.25, -0.2) is 0 Å². The molecule has 27 heavy (non-hydrogen) atoms. The minimum absolute atomic E-state index is 0.125. The predicted molar refractivity (Wildman–Crippen MR) is 106 cm³/mol. The Bertz CT molecular complexity index is 612. The molecule has 0 spiro atoms. The fourth-order valence-corrected chi connectivity index (χ4v) is 4.57. The maximum atomic E-state index is 11.1. The minimum Gasteiger partial charge on any atom is -0.414 e. The first-order valence-electron chi connectivity index (χ1n) is 9.61. The number of hydrogen-bond acceptors (Lipinski definition) is 7. The Morgan fingerprint density at radius 2 is 1.63 bits per heavy atom. The second-order valence-corrected chi connectivity index (χ2v) is 16.0. The Hall–Kier alpha value is -0.0331. The lowest BCUT2D eigenvalue weighted by Gasteiger charge is -2.37. The van der Waals surface area contributed by atoms with Crippen LogP contribution in [-0.2, 0) is 32.9 Å². The van der Waals surface area contributed by atoms with E-state index in [1.165, 1.54) is 0 Å². The number of rotatable bonds is 8. The SMILES string of the molecule is CC1(C)O[C@@H]2[C@H](O1)[C@@H](CO[Si](C)(C)C(C)(C)C)O[C@H]2CCCOS(C)(=O)=O. The molecular weight excluding hydrogens is 388 g/mol. The molecular formula is C18H36O7SSi. The monoisotopic (exact) mass is 424 g/mol. The molecule has 160 valence electrons. The van der Waals surface area contributed by atoms with E-state index < -0.39 is 24.2 Å². The molecule has 0 unspecified atom stereocenters. The summed E-state index contributed by atoms with van der Waals surface area (Å²) in [5, 5.41) is 0.125. The van der Waals surface area contributed by atoms with Crippen molar-refractivity contribution >= 4 is 18.4 Å². The molecule has 0 aromatic heterocycles. The van der Waals surface area contributed by atoms with E-state index in [9.17, 15) is 8.42 Å². The fraction of sp³-hybridized carbons (Fsp3) is 1.00. The molecule has 0 aromatic carbocycles. The highest BCUT2D eigenvalue weighted by Crippen LogP contribution is 2.42. The zero-order valence-corrected chi connectivity index (χ0v) is 19.7. The van der Waals surface area contributed by atoms with Gasteiger partial charge in [-0.2, -0.15) is 8.42 Å². The normalized spacial score (nSPS) is 31.3. The highest BCUT2D eigenvalue weighted by molar-refractivity contribution is 7.85. The Labute approximate surface area is 165 Å². The van der Waals surface area contributed by atoms with Crippen LogP contribution in [0.3, 0.4) is 0 Å². The van der Waals surface area contributed by atoms with Gasteiger partial charge in [0, 0.05) is 0 Å². The van der Waals surface area contributed by atoms with Crippen molar-refractivity contribution in [1.29, 1.82) is 0 Å². The van der Waals surface area contributed by atoms with E-state index in [2.05, 4.69) is 33.9 Å². The van der Waals surface area contributed by atoms with Crippen molar-refractivity contribution in [2.75, 3.05) is 19.5 Å². The van der Waals surface area contributed by atoms with Gasteiger partial charge in [-0.05, 0) is 44.8 Å². The zero-order chi connectivity index (χ0) is 20.7. The summed E-state index contributed by atoms with van der Waals surface area (Å²) in [7, 11) is -5.31. The molecule has 2 fully saturated rings. The van der Waals surface area contributed by atoms with E-state index in [-0.39, 0.29) is 36.1 Å². The maximum absolute atomic E-state index is 11.1. The molecule has 0 aliphatic carbocycles. The number of hydrogen-bond donors (Lipinski definition) is 0. The van der Waals surface area contributed by atoms with Gasteiger partial charge in [-0.3, -0.25) is 4.18 Å². The first kappa shape index (κ1) is 23.2. The molecule has 2 saturated heterocycles. The minimum atomic E-state index is -3.42. The quantitative estimate of drug-likeness (QED) is 0.336. The highest BCUT2D eigenvalue weighted by Gasteiger charge is 2.55. The Balaban J connectivity index is 1.96. The van der Waals surface area contributed by atoms with Gasteiger partial charge in [-0.1, -0.05) is 20.8 Å². The van der Waals surface area contributed by atoms with E-state index in [0.717, 1.165) is 6.26 Å². The lowest BCUT2D eigenvalue weighted by Crippen LogP contribution is -2.44. The van der Waals surface area contributed by atoms with Crippen LogP contribution >= 0.6 is 0 Å². The average Bonchev–Trinajstić information content (AvgIpc) is 2.93. The molecule has 0 N–H and O–H groups in total. The lowest BCUT2D eigenvalue weighted by molar-refractivity contribution is -0.190. The molecule has 0 amide bonds. The van der Waals surface area contributed by atoms with Gasteiger partial charge in [0.05, 0.1) is 25.6 Å². The lowest BCUT2D eigenvalue weighted by atomic mass is 10.0. The van der Waals surface area contributed by atoms with Crippen LogP contribution in [-0.4, -0.2) is 66.4 Å². The summed E-state index contributed by atoms with van der Waals surface area (Å²) in [4.78, 5) is 0. The Morgan fingerprint density at radius 3 is 2.15 bits per heavy atom. The van der Waals surface area contributed by atoms with E-state index in [1.807, 2.05) is 13.8 Å². The van der Waals surface area contributed by atoms with Gasteiger partial charge in [0.15, 0.2) is 14.1 Å². The van der Waals surface area contributed by atoms with Crippen molar-refractivity contribution in [3.05, 3.63) is 0 Å². The summed E-state index contributed by atoms with van der Waals surface area (Å²) in [5.41, 5.74) is 0. The van der Waals surface area contributed by atoms with Crippen LogP contribution < -0.4 is 0 Å². The van der Waals surface area contributed by atoms with Crippen LogP contribution in [0.1, 0.15) is 47.5 Å². The van der Waals surface area contributed by atoms with E-state index in [0.29, 0.717) is 19.4 Å². The summed E-state index contributed by atoms with van der Waals surface area (Å²) < 4.78 is 51.7. The third kappa shape index (κ3) is 6.22.